The molecule has 0 aliphatic heterocycles. The minimum Gasteiger partial charge on any atom is -0.462 e. The van der Waals surface area contributed by atoms with E-state index in [2.05, 4.69) is 93.7 Å². The maximum absolute atomic E-state index is 12.7. The van der Waals surface area contributed by atoms with Crippen molar-refractivity contribution in [1.29, 1.82) is 0 Å². The van der Waals surface area contributed by atoms with E-state index in [1.807, 2.05) is 0 Å². The van der Waals surface area contributed by atoms with Crippen LogP contribution in [0.4, 0.5) is 0 Å². The molecule has 0 aliphatic rings. The van der Waals surface area contributed by atoms with E-state index in [0.29, 0.717) is 19.4 Å². The number of ether oxygens (including phenoxy) is 3. The van der Waals surface area contributed by atoms with Crippen LogP contribution in [0, 0.1) is 0 Å². The average Bonchev–Trinajstić information content (AvgIpc) is 3.22. The van der Waals surface area contributed by atoms with Crippen LogP contribution in [-0.4, -0.2) is 37.9 Å². The second-order valence-electron chi connectivity index (χ2n) is 16.0. The van der Waals surface area contributed by atoms with Gasteiger partial charge in [0.05, 0.1) is 6.61 Å². The van der Waals surface area contributed by atoms with E-state index in [1.54, 1.807) is 0 Å². The Labute approximate surface area is 359 Å². The van der Waals surface area contributed by atoms with Crippen molar-refractivity contribution in [2.45, 2.75) is 232 Å². The molecule has 0 amide bonds. The first-order valence-corrected chi connectivity index (χ1v) is 24.5. The lowest BCUT2D eigenvalue weighted by Gasteiger charge is -2.18. The van der Waals surface area contributed by atoms with E-state index in [0.717, 1.165) is 77.0 Å². The van der Waals surface area contributed by atoms with E-state index >= 15 is 0 Å². The standard InChI is InChI=1S/C53H92O5/c1-4-7-10-13-16-19-22-23-24-25-26-27-28-29-30-33-36-39-42-45-48-56-49-51(58-53(55)47-44-41-38-35-32-21-18-15-12-9-6-3)50-57-52(54)46-43-40-37-34-31-20-17-14-11-8-5-2/h7,10,16,19,23-24,26-27,29-30,36,39,51H,4-6,8-9,11-15,17-18,20-22,25,28,31-35,37-38,40-50H2,1-3H3/b10-7-,19-16-,24-23-,27-26-,30-29-,39-36-. The van der Waals surface area contributed by atoms with E-state index in [9.17, 15) is 9.59 Å². The normalized spacial score (nSPS) is 12.8. The third-order valence-electron chi connectivity index (χ3n) is 10.3. The minimum atomic E-state index is -0.563. The van der Waals surface area contributed by atoms with Gasteiger partial charge in [0.25, 0.3) is 0 Å². The summed E-state index contributed by atoms with van der Waals surface area (Å²) in [7, 11) is 0. The van der Waals surface area contributed by atoms with Crippen molar-refractivity contribution >= 4 is 11.9 Å². The maximum atomic E-state index is 12.7. The first-order chi connectivity index (χ1) is 28.6. The van der Waals surface area contributed by atoms with Gasteiger partial charge in [-0.3, -0.25) is 9.59 Å². The molecule has 0 bridgehead atoms. The van der Waals surface area contributed by atoms with Crippen molar-refractivity contribution in [3.63, 3.8) is 0 Å². The molecule has 0 rings (SSSR count). The molecule has 0 aliphatic carbocycles. The highest BCUT2D eigenvalue weighted by atomic mass is 16.6. The molecule has 0 radical (unpaired) electrons. The van der Waals surface area contributed by atoms with Gasteiger partial charge in [-0.05, 0) is 64.2 Å². The monoisotopic (exact) mass is 809 g/mol. The summed E-state index contributed by atoms with van der Waals surface area (Å²) in [4.78, 5) is 25.2. The highest BCUT2D eigenvalue weighted by molar-refractivity contribution is 5.70. The van der Waals surface area contributed by atoms with E-state index in [-0.39, 0.29) is 25.2 Å². The fourth-order valence-electron chi connectivity index (χ4n) is 6.64. The minimum absolute atomic E-state index is 0.0635. The van der Waals surface area contributed by atoms with Gasteiger partial charge in [-0.1, -0.05) is 222 Å². The molecule has 334 valence electrons. The summed E-state index contributed by atoms with van der Waals surface area (Å²) >= 11 is 0. The number of hydrogen-bond acceptors (Lipinski definition) is 5. The largest absolute Gasteiger partial charge is 0.462 e. The van der Waals surface area contributed by atoms with Crippen molar-refractivity contribution in [2.75, 3.05) is 19.8 Å². The Morgan fingerprint density at radius 2 is 0.759 bits per heavy atom. The SMILES string of the molecule is CC/C=C\C/C=C\C/C=C\C/C=C\C/C=C\C/C=C\CCCOCC(COC(=O)CCCCCCCCCCCCC)OC(=O)CCCCCCCCCCCCC. The summed E-state index contributed by atoms with van der Waals surface area (Å²) in [5.41, 5.74) is 0. The number of esters is 2. The van der Waals surface area contributed by atoms with Gasteiger partial charge in [-0.15, -0.1) is 0 Å². The quantitative estimate of drug-likeness (QED) is 0.0348. The summed E-state index contributed by atoms with van der Waals surface area (Å²) < 4.78 is 17.3. The van der Waals surface area contributed by atoms with Gasteiger partial charge in [0.1, 0.15) is 6.61 Å². The van der Waals surface area contributed by atoms with Gasteiger partial charge in [0, 0.05) is 19.4 Å². The van der Waals surface area contributed by atoms with Crippen molar-refractivity contribution in [3.05, 3.63) is 72.9 Å². The number of rotatable bonds is 44. The fourth-order valence-corrected chi connectivity index (χ4v) is 6.64. The van der Waals surface area contributed by atoms with Crippen molar-refractivity contribution in [3.8, 4) is 0 Å². The maximum Gasteiger partial charge on any atom is 0.306 e. The molecule has 0 aromatic heterocycles. The van der Waals surface area contributed by atoms with E-state index in [4.69, 9.17) is 14.2 Å². The summed E-state index contributed by atoms with van der Waals surface area (Å²) in [6, 6.07) is 0. The Balaban J connectivity index is 4.33. The van der Waals surface area contributed by atoms with Gasteiger partial charge in [0.15, 0.2) is 6.10 Å². The summed E-state index contributed by atoms with van der Waals surface area (Å²) in [6.07, 6.45) is 62.0. The number of carbonyl (C=O) groups excluding carboxylic acids is 2. The van der Waals surface area contributed by atoms with Crippen LogP contribution in [0.5, 0.6) is 0 Å². The second kappa shape index (κ2) is 48.7. The van der Waals surface area contributed by atoms with Crippen molar-refractivity contribution < 1.29 is 23.8 Å². The Hall–Kier alpha value is -2.66. The van der Waals surface area contributed by atoms with Gasteiger partial charge in [0.2, 0.25) is 0 Å². The van der Waals surface area contributed by atoms with Gasteiger partial charge < -0.3 is 14.2 Å². The first kappa shape index (κ1) is 55.3. The van der Waals surface area contributed by atoms with Crippen molar-refractivity contribution in [1.82, 2.24) is 0 Å². The third kappa shape index (κ3) is 46.0. The molecule has 5 nitrogen and oxygen atoms in total. The van der Waals surface area contributed by atoms with Crippen LogP contribution < -0.4 is 0 Å². The van der Waals surface area contributed by atoms with Gasteiger partial charge in [-0.2, -0.15) is 0 Å². The topological polar surface area (TPSA) is 61.8 Å². The zero-order valence-corrected chi connectivity index (χ0v) is 38.3. The summed E-state index contributed by atoms with van der Waals surface area (Å²) in [5.74, 6) is -0.427. The Kier molecular flexibility index (Phi) is 46.5. The molecule has 0 saturated heterocycles. The third-order valence-corrected chi connectivity index (χ3v) is 10.3. The number of hydrogen-bond donors (Lipinski definition) is 0. The van der Waals surface area contributed by atoms with Gasteiger partial charge in [-0.25, -0.2) is 0 Å². The first-order valence-electron chi connectivity index (χ1n) is 24.5. The molecule has 58 heavy (non-hydrogen) atoms. The molecule has 0 fully saturated rings. The van der Waals surface area contributed by atoms with Crippen LogP contribution in [0.15, 0.2) is 72.9 Å². The lowest BCUT2D eigenvalue weighted by Crippen LogP contribution is -2.30. The molecule has 1 atom stereocenters. The molecule has 0 spiro atoms. The molecule has 0 N–H and O–H groups in total. The molecule has 0 saturated carbocycles. The van der Waals surface area contributed by atoms with E-state index < -0.39 is 6.10 Å². The molecular formula is C53H92O5. The summed E-state index contributed by atoms with van der Waals surface area (Å²) in [6.45, 7) is 7.57. The number of carbonyl (C=O) groups is 2. The lowest BCUT2D eigenvalue weighted by molar-refractivity contribution is -0.163. The van der Waals surface area contributed by atoms with Crippen molar-refractivity contribution in [2.24, 2.45) is 0 Å². The Morgan fingerprint density at radius 3 is 1.17 bits per heavy atom. The number of unbranched alkanes of at least 4 members (excludes halogenated alkanes) is 21. The van der Waals surface area contributed by atoms with Gasteiger partial charge >= 0.3 is 11.9 Å². The highest BCUT2D eigenvalue weighted by Gasteiger charge is 2.17. The zero-order valence-electron chi connectivity index (χ0n) is 38.3. The average molecular weight is 809 g/mol. The van der Waals surface area contributed by atoms with Crippen LogP contribution in [0.2, 0.25) is 0 Å². The smallest absolute Gasteiger partial charge is 0.306 e. The van der Waals surface area contributed by atoms with Crippen LogP contribution >= 0.6 is 0 Å². The van der Waals surface area contributed by atoms with E-state index in [1.165, 1.54) is 116 Å². The molecule has 0 heterocycles. The van der Waals surface area contributed by atoms with Crippen LogP contribution in [-0.2, 0) is 23.8 Å². The number of allylic oxidation sites excluding steroid dienone is 12. The molecule has 0 aromatic rings. The highest BCUT2D eigenvalue weighted by Crippen LogP contribution is 2.14. The van der Waals surface area contributed by atoms with Crippen LogP contribution in [0.1, 0.15) is 226 Å². The molecule has 5 heteroatoms. The Bertz CT molecular complexity index is 1050. The predicted molar refractivity (Wildman–Crippen MR) is 251 cm³/mol. The Morgan fingerprint density at radius 1 is 0.397 bits per heavy atom. The second-order valence-corrected chi connectivity index (χ2v) is 16.0. The van der Waals surface area contributed by atoms with Crippen LogP contribution in [0.3, 0.4) is 0 Å². The van der Waals surface area contributed by atoms with Crippen LogP contribution in [0.25, 0.3) is 0 Å². The lowest BCUT2D eigenvalue weighted by atomic mass is 10.1. The fraction of sp³-hybridized carbons (Fsp3) is 0.736. The summed E-state index contributed by atoms with van der Waals surface area (Å²) in [5, 5.41) is 0. The molecule has 1 unspecified atom stereocenters. The predicted octanol–water partition coefficient (Wildman–Crippen LogP) is 16.3. The molecule has 0 aromatic carbocycles. The zero-order chi connectivity index (χ0) is 42.1. The molecular weight excluding hydrogens is 717 g/mol.